The molecule has 1 amide bonds. The molecule has 5 nitrogen and oxygen atoms in total. The van der Waals surface area contributed by atoms with E-state index in [1.54, 1.807) is 41.3 Å². The van der Waals surface area contributed by atoms with E-state index in [1.165, 1.54) is 28.0 Å². The Hall–Kier alpha value is -3.32. The smallest absolute Gasteiger partial charge is 0.266 e. The molecular weight excluding hydrogens is 425 g/mol. The van der Waals surface area contributed by atoms with Crippen LogP contribution in [0.1, 0.15) is 42.3 Å². The summed E-state index contributed by atoms with van der Waals surface area (Å²) in [7, 11) is 0. The fraction of sp³-hybridized carbons (Fsp3) is 0.240. The summed E-state index contributed by atoms with van der Waals surface area (Å²) in [5.41, 5.74) is 0.812. The summed E-state index contributed by atoms with van der Waals surface area (Å²) in [5.74, 6) is 0.160. The van der Waals surface area contributed by atoms with E-state index >= 15 is 0 Å². The summed E-state index contributed by atoms with van der Waals surface area (Å²) in [6.45, 7) is 6.47. The van der Waals surface area contributed by atoms with E-state index in [4.69, 9.17) is 4.98 Å². The lowest BCUT2D eigenvalue weighted by molar-refractivity contribution is 0.0660. The van der Waals surface area contributed by atoms with E-state index in [9.17, 15) is 14.0 Å². The van der Waals surface area contributed by atoms with Crippen LogP contribution in [-0.4, -0.2) is 26.9 Å². The molecule has 0 radical (unpaired) electrons. The summed E-state index contributed by atoms with van der Waals surface area (Å²) in [5, 5.41) is 2.33. The molecule has 4 aromatic rings. The quantitative estimate of drug-likeness (QED) is 0.394. The van der Waals surface area contributed by atoms with Gasteiger partial charge in [-0.15, -0.1) is 11.3 Å². The Bertz CT molecular complexity index is 1300. The van der Waals surface area contributed by atoms with E-state index in [0.717, 1.165) is 0 Å². The second-order valence-electron chi connectivity index (χ2n) is 8.11. The average Bonchev–Trinajstić information content (AvgIpc) is 3.32. The molecule has 0 aliphatic rings. The number of carbonyl (C=O) groups excluding carboxylic acids is 1. The first-order valence-corrected chi connectivity index (χ1v) is 11.4. The first kappa shape index (κ1) is 21.9. The van der Waals surface area contributed by atoms with Gasteiger partial charge in [0.1, 0.15) is 11.6 Å². The number of hydrogen-bond donors (Lipinski definition) is 0. The molecule has 0 saturated carbocycles. The fourth-order valence-corrected chi connectivity index (χ4v) is 4.44. The van der Waals surface area contributed by atoms with E-state index in [1.807, 2.05) is 38.3 Å². The number of hydrogen-bond acceptors (Lipinski definition) is 4. The standard InChI is InChI=1S/C25H24FN3O2S/c1-16(2)15-28(25(31)22-9-6-14-32-22)17(3)23-27-21-8-5-4-7-20(21)24(30)29(23)19-12-10-18(26)11-13-19/h4-14,16-17H,15H2,1-3H3. The van der Waals surface area contributed by atoms with Crippen molar-refractivity contribution in [1.29, 1.82) is 0 Å². The van der Waals surface area contributed by atoms with Crippen molar-refractivity contribution in [3.63, 3.8) is 0 Å². The van der Waals surface area contributed by atoms with Gasteiger partial charge >= 0.3 is 0 Å². The molecule has 4 rings (SSSR count). The van der Waals surface area contributed by atoms with Crippen LogP contribution < -0.4 is 5.56 Å². The zero-order chi connectivity index (χ0) is 22.8. The Morgan fingerprint density at radius 2 is 1.78 bits per heavy atom. The molecule has 0 fully saturated rings. The lowest BCUT2D eigenvalue weighted by atomic mass is 10.1. The van der Waals surface area contributed by atoms with Crippen LogP contribution in [-0.2, 0) is 0 Å². The first-order valence-electron chi connectivity index (χ1n) is 10.5. The maximum absolute atomic E-state index is 13.6. The number of carbonyl (C=O) groups is 1. The van der Waals surface area contributed by atoms with E-state index < -0.39 is 6.04 Å². The third-order valence-electron chi connectivity index (χ3n) is 5.28. The van der Waals surface area contributed by atoms with Crippen molar-refractivity contribution >= 4 is 28.1 Å². The molecule has 0 bridgehead atoms. The van der Waals surface area contributed by atoms with Gasteiger partial charge in [-0.2, -0.15) is 0 Å². The summed E-state index contributed by atoms with van der Waals surface area (Å²) in [6.07, 6.45) is 0. The number of fused-ring (bicyclic) bond motifs is 1. The Morgan fingerprint density at radius 3 is 2.44 bits per heavy atom. The molecule has 0 aliphatic carbocycles. The molecule has 164 valence electrons. The van der Waals surface area contributed by atoms with Crippen LogP contribution in [0.3, 0.4) is 0 Å². The van der Waals surface area contributed by atoms with Crippen molar-refractivity contribution < 1.29 is 9.18 Å². The van der Waals surface area contributed by atoms with Gasteiger partial charge in [-0.1, -0.05) is 32.0 Å². The van der Waals surface area contributed by atoms with E-state index in [2.05, 4.69) is 0 Å². The van der Waals surface area contributed by atoms with Crippen LogP contribution >= 0.6 is 11.3 Å². The van der Waals surface area contributed by atoms with Crippen LogP contribution in [0.5, 0.6) is 0 Å². The minimum absolute atomic E-state index is 0.103. The van der Waals surface area contributed by atoms with Crippen molar-refractivity contribution in [3.05, 3.63) is 92.9 Å². The number of halogens is 1. The number of nitrogens with zero attached hydrogens (tertiary/aromatic N) is 3. The summed E-state index contributed by atoms with van der Waals surface area (Å²) in [4.78, 5) is 34.1. The van der Waals surface area contributed by atoms with Crippen LogP contribution in [0, 0.1) is 11.7 Å². The predicted molar refractivity (Wildman–Crippen MR) is 126 cm³/mol. The third kappa shape index (κ3) is 4.21. The largest absolute Gasteiger partial charge is 0.328 e. The summed E-state index contributed by atoms with van der Waals surface area (Å²) < 4.78 is 15.1. The Kier molecular flexibility index (Phi) is 6.19. The second kappa shape index (κ2) is 9.04. The lowest BCUT2D eigenvalue weighted by Gasteiger charge is -2.31. The Balaban J connectivity index is 1.92. The lowest BCUT2D eigenvalue weighted by Crippen LogP contribution is -2.39. The van der Waals surface area contributed by atoms with Gasteiger partial charge in [0, 0.05) is 6.54 Å². The van der Waals surface area contributed by atoms with Gasteiger partial charge < -0.3 is 4.90 Å². The normalized spacial score (nSPS) is 12.3. The minimum Gasteiger partial charge on any atom is -0.328 e. The number of thiophene rings is 1. The molecule has 32 heavy (non-hydrogen) atoms. The summed E-state index contributed by atoms with van der Waals surface area (Å²) in [6, 6.07) is 16.0. The van der Waals surface area contributed by atoms with Gasteiger partial charge in [0.2, 0.25) is 0 Å². The van der Waals surface area contributed by atoms with Gasteiger partial charge in [0.05, 0.1) is 27.5 Å². The van der Waals surface area contributed by atoms with Crippen molar-refractivity contribution in [2.45, 2.75) is 26.8 Å². The van der Waals surface area contributed by atoms with Gasteiger partial charge in [0.15, 0.2) is 0 Å². The molecule has 2 aromatic heterocycles. The fourth-order valence-electron chi connectivity index (χ4n) is 3.76. The highest BCUT2D eigenvalue weighted by atomic mass is 32.1. The Labute approximate surface area is 189 Å². The molecule has 0 saturated heterocycles. The maximum Gasteiger partial charge on any atom is 0.266 e. The van der Waals surface area contributed by atoms with Gasteiger partial charge in [-0.3, -0.25) is 14.2 Å². The molecule has 2 aromatic carbocycles. The second-order valence-corrected chi connectivity index (χ2v) is 9.06. The molecule has 2 heterocycles. The average molecular weight is 450 g/mol. The van der Waals surface area contributed by atoms with Crippen LogP contribution in [0.2, 0.25) is 0 Å². The number of aromatic nitrogens is 2. The van der Waals surface area contributed by atoms with E-state index in [-0.39, 0.29) is 23.2 Å². The van der Waals surface area contributed by atoms with Crippen molar-refractivity contribution in [1.82, 2.24) is 14.5 Å². The zero-order valence-corrected chi connectivity index (χ0v) is 19.0. The molecule has 7 heteroatoms. The molecule has 1 atom stereocenters. The molecule has 0 N–H and O–H groups in total. The highest BCUT2D eigenvalue weighted by Crippen LogP contribution is 2.26. The van der Waals surface area contributed by atoms with Crippen molar-refractivity contribution in [2.75, 3.05) is 6.54 Å². The molecular formula is C25H24FN3O2S. The predicted octanol–water partition coefficient (Wildman–Crippen LogP) is 5.45. The summed E-state index contributed by atoms with van der Waals surface area (Å²) >= 11 is 1.39. The van der Waals surface area contributed by atoms with Crippen LogP contribution in [0.4, 0.5) is 4.39 Å². The number of benzene rings is 2. The molecule has 0 spiro atoms. The molecule has 0 aliphatic heterocycles. The maximum atomic E-state index is 13.6. The SMILES string of the molecule is CC(C)CN(C(=O)c1cccs1)C(C)c1nc2ccccc2c(=O)n1-c1ccc(F)cc1. The Morgan fingerprint density at radius 1 is 1.06 bits per heavy atom. The van der Waals surface area contributed by atoms with Crippen LogP contribution in [0.15, 0.2) is 70.8 Å². The van der Waals surface area contributed by atoms with Crippen molar-refractivity contribution in [2.24, 2.45) is 5.92 Å². The van der Waals surface area contributed by atoms with Gasteiger partial charge in [-0.25, -0.2) is 9.37 Å². The monoisotopic (exact) mass is 449 g/mol. The van der Waals surface area contributed by atoms with Crippen LogP contribution in [0.25, 0.3) is 16.6 Å². The number of para-hydroxylation sites is 1. The zero-order valence-electron chi connectivity index (χ0n) is 18.2. The van der Waals surface area contributed by atoms with Crippen molar-refractivity contribution in [3.8, 4) is 5.69 Å². The minimum atomic E-state index is -0.491. The highest BCUT2D eigenvalue weighted by Gasteiger charge is 2.28. The van der Waals surface area contributed by atoms with Gasteiger partial charge in [-0.05, 0) is 60.7 Å². The molecule has 1 unspecified atom stereocenters. The number of amides is 1. The topological polar surface area (TPSA) is 55.2 Å². The first-order chi connectivity index (χ1) is 15.4. The van der Waals surface area contributed by atoms with E-state index in [0.29, 0.717) is 33.8 Å². The highest BCUT2D eigenvalue weighted by molar-refractivity contribution is 7.12. The number of rotatable bonds is 6. The van der Waals surface area contributed by atoms with Gasteiger partial charge in [0.25, 0.3) is 11.5 Å². The third-order valence-corrected chi connectivity index (χ3v) is 6.14.